The predicted molar refractivity (Wildman–Crippen MR) is 113 cm³/mol. The number of carbonyl (C=O) groups is 1. The molecule has 0 aliphatic carbocycles. The molecule has 3 aromatic carbocycles. The van der Waals surface area contributed by atoms with Gasteiger partial charge in [0.05, 0.1) is 19.3 Å². The minimum absolute atomic E-state index is 0.197. The van der Waals surface area contributed by atoms with E-state index in [-0.39, 0.29) is 5.57 Å². The van der Waals surface area contributed by atoms with Gasteiger partial charge in [0, 0.05) is 0 Å². The molecule has 0 atom stereocenters. The fourth-order valence-electron chi connectivity index (χ4n) is 2.77. The molecule has 0 bridgehead atoms. The molecule has 148 valence electrons. The number of benzene rings is 3. The van der Waals surface area contributed by atoms with Crippen molar-refractivity contribution >= 4 is 17.6 Å². The molecule has 0 heterocycles. The molecule has 0 aliphatic heterocycles. The van der Waals surface area contributed by atoms with Crippen LogP contribution in [0.15, 0.2) is 72.8 Å². The quantitative estimate of drug-likeness (QED) is 0.406. The maximum Gasteiger partial charge on any atom is 0.336 e. The van der Waals surface area contributed by atoms with Gasteiger partial charge in [-0.3, -0.25) is 0 Å². The summed E-state index contributed by atoms with van der Waals surface area (Å²) in [6.45, 7) is 2.47. The van der Waals surface area contributed by atoms with E-state index in [0.29, 0.717) is 35.2 Å². The monoisotopic (exact) mass is 390 g/mol. The van der Waals surface area contributed by atoms with Crippen molar-refractivity contribution in [2.45, 2.75) is 6.92 Å². The Morgan fingerprint density at radius 3 is 2.10 bits per heavy atom. The first-order chi connectivity index (χ1) is 14.1. The number of ether oxygens (including phenoxy) is 3. The van der Waals surface area contributed by atoms with Crippen LogP contribution >= 0.6 is 0 Å². The van der Waals surface area contributed by atoms with E-state index in [1.165, 1.54) is 0 Å². The standard InChI is InChI=1S/C24H22O5/c1-3-28-22-6-4-5-7-23(22)29-20-12-8-17(9-13-20)16-21(24(25)26)18-10-14-19(27-2)15-11-18/h4-16H,3H2,1-2H3,(H,25,26)/b21-16-. The van der Waals surface area contributed by atoms with E-state index >= 15 is 0 Å². The number of aliphatic carboxylic acids is 1. The lowest BCUT2D eigenvalue weighted by molar-refractivity contribution is -0.130. The minimum atomic E-state index is -0.999. The van der Waals surface area contributed by atoms with Crippen molar-refractivity contribution in [1.29, 1.82) is 0 Å². The number of hydrogen-bond donors (Lipinski definition) is 1. The van der Waals surface area contributed by atoms with E-state index < -0.39 is 5.97 Å². The largest absolute Gasteiger partial charge is 0.497 e. The van der Waals surface area contributed by atoms with Gasteiger partial charge >= 0.3 is 5.97 Å². The van der Waals surface area contributed by atoms with Crippen molar-refractivity contribution in [3.8, 4) is 23.0 Å². The van der Waals surface area contributed by atoms with Crippen LogP contribution < -0.4 is 14.2 Å². The molecule has 0 unspecified atom stereocenters. The Balaban J connectivity index is 1.82. The summed E-state index contributed by atoms with van der Waals surface area (Å²) in [4.78, 5) is 11.7. The van der Waals surface area contributed by atoms with Gasteiger partial charge in [0.2, 0.25) is 0 Å². The normalized spacial score (nSPS) is 11.0. The molecule has 0 fully saturated rings. The Bertz CT molecular complexity index is 989. The molecule has 0 radical (unpaired) electrons. The number of hydrogen-bond acceptors (Lipinski definition) is 4. The van der Waals surface area contributed by atoms with Gasteiger partial charge in [0.15, 0.2) is 11.5 Å². The highest BCUT2D eigenvalue weighted by molar-refractivity contribution is 6.20. The fourth-order valence-corrected chi connectivity index (χ4v) is 2.77. The molecule has 0 aromatic heterocycles. The zero-order valence-electron chi connectivity index (χ0n) is 16.3. The van der Waals surface area contributed by atoms with E-state index in [9.17, 15) is 9.90 Å². The first-order valence-electron chi connectivity index (χ1n) is 9.20. The zero-order valence-corrected chi connectivity index (χ0v) is 16.3. The molecular weight excluding hydrogens is 368 g/mol. The summed E-state index contributed by atoms with van der Waals surface area (Å²) < 4.78 is 16.6. The number of carboxylic acids is 1. The molecule has 1 N–H and O–H groups in total. The highest BCUT2D eigenvalue weighted by Crippen LogP contribution is 2.31. The molecule has 0 spiro atoms. The van der Waals surface area contributed by atoms with E-state index in [1.807, 2.05) is 43.3 Å². The molecule has 3 aromatic rings. The maximum atomic E-state index is 11.7. The molecule has 5 heteroatoms. The van der Waals surface area contributed by atoms with E-state index in [2.05, 4.69) is 0 Å². The SMILES string of the molecule is CCOc1ccccc1Oc1ccc(/C=C(\C(=O)O)c2ccc(OC)cc2)cc1. The Kier molecular flexibility index (Phi) is 6.53. The molecule has 3 rings (SSSR count). The average Bonchev–Trinajstić information content (AvgIpc) is 2.74. The van der Waals surface area contributed by atoms with Crippen molar-refractivity contribution in [3.63, 3.8) is 0 Å². The third-order valence-electron chi connectivity index (χ3n) is 4.20. The van der Waals surface area contributed by atoms with Crippen LogP contribution in [0, 0.1) is 0 Å². The molecule has 29 heavy (non-hydrogen) atoms. The number of methoxy groups -OCH3 is 1. The Hall–Kier alpha value is -3.73. The number of carboxylic acid groups (broad SMARTS) is 1. The van der Waals surface area contributed by atoms with Crippen LogP contribution in [-0.2, 0) is 4.79 Å². The molecule has 0 aliphatic rings. The van der Waals surface area contributed by atoms with Gasteiger partial charge in [0.1, 0.15) is 11.5 Å². The second-order valence-corrected chi connectivity index (χ2v) is 6.14. The lowest BCUT2D eigenvalue weighted by Gasteiger charge is -2.11. The first-order valence-corrected chi connectivity index (χ1v) is 9.20. The van der Waals surface area contributed by atoms with Crippen molar-refractivity contribution in [2.24, 2.45) is 0 Å². The van der Waals surface area contributed by atoms with Crippen LogP contribution in [0.4, 0.5) is 0 Å². The molecular formula is C24H22O5. The summed E-state index contributed by atoms with van der Waals surface area (Å²) >= 11 is 0. The lowest BCUT2D eigenvalue weighted by Crippen LogP contribution is -1.99. The smallest absolute Gasteiger partial charge is 0.336 e. The molecule has 0 saturated carbocycles. The van der Waals surface area contributed by atoms with E-state index in [0.717, 1.165) is 5.56 Å². The Labute approximate surface area is 169 Å². The van der Waals surface area contributed by atoms with Crippen LogP contribution in [-0.4, -0.2) is 24.8 Å². The van der Waals surface area contributed by atoms with Gasteiger partial charge in [-0.05, 0) is 60.5 Å². The van der Waals surface area contributed by atoms with Crippen molar-refractivity contribution in [1.82, 2.24) is 0 Å². The summed E-state index contributed by atoms with van der Waals surface area (Å²) in [6.07, 6.45) is 1.63. The average molecular weight is 390 g/mol. The van der Waals surface area contributed by atoms with Crippen molar-refractivity contribution in [3.05, 3.63) is 83.9 Å². The van der Waals surface area contributed by atoms with Crippen LogP contribution in [0.5, 0.6) is 23.0 Å². The lowest BCUT2D eigenvalue weighted by atomic mass is 10.0. The topological polar surface area (TPSA) is 65.0 Å². The van der Waals surface area contributed by atoms with Gasteiger partial charge < -0.3 is 19.3 Å². The highest BCUT2D eigenvalue weighted by atomic mass is 16.5. The Morgan fingerprint density at radius 1 is 0.897 bits per heavy atom. The summed E-state index contributed by atoms with van der Waals surface area (Å²) in [6, 6.07) is 21.6. The van der Waals surface area contributed by atoms with Crippen LogP contribution in [0.1, 0.15) is 18.1 Å². The third kappa shape index (κ3) is 5.17. The van der Waals surface area contributed by atoms with Gasteiger partial charge in [-0.15, -0.1) is 0 Å². The van der Waals surface area contributed by atoms with Crippen molar-refractivity contribution in [2.75, 3.05) is 13.7 Å². The first kappa shape index (κ1) is 20.0. The summed E-state index contributed by atoms with van der Waals surface area (Å²) in [5, 5.41) is 9.61. The molecule has 0 saturated heterocycles. The molecule has 0 amide bonds. The molecule has 5 nitrogen and oxygen atoms in total. The maximum absolute atomic E-state index is 11.7. The van der Waals surface area contributed by atoms with Gasteiger partial charge in [0.25, 0.3) is 0 Å². The number of rotatable bonds is 8. The van der Waals surface area contributed by atoms with Crippen LogP contribution in [0.2, 0.25) is 0 Å². The minimum Gasteiger partial charge on any atom is -0.497 e. The summed E-state index contributed by atoms with van der Waals surface area (Å²) in [7, 11) is 1.57. The third-order valence-corrected chi connectivity index (χ3v) is 4.20. The second kappa shape index (κ2) is 9.46. The van der Waals surface area contributed by atoms with E-state index in [1.54, 1.807) is 49.6 Å². The van der Waals surface area contributed by atoms with E-state index in [4.69, 9.17) is 14.2 Å². The number of para-hydroxylation sites is 2. The van der Waals surface area contributed by atoms with Crippen LogP contribution in [0.3, 0.4) is 0 Å². The van der Waals surface area contributed by atoms with Crippen LogP contribution in [0.25, 0.3) is 11.6 Å². The van der Waals surface area contributed by atoms with Crippen molar-refractivity contribution < 1.29 is 24.1 Å². The second-order valence-electron chi connectivity index (χ2n) is 6.14. The highest BCUT2D eigenvalue weighted by Gasteiger charge is 2.11. The summed E-state index contributed by atoms with van der Waals surface area (Å²) in [5.41, 5.74) is 1.55. The van der Waals surface area contributed by atoms with Gasteiger partial charge in [-0.1, -0.05) is 36.4 Å². The predicted octanol–water partition coefficient (Wildman–Crippen LogP) is 5.51. The van der Waals surface area contributed by atoms with Gasteiger partial charge in [-0.25, -0.2) is 4.79 Å². The Morgan fingerprint density at radius 2 is 1.52 bits per heavy atom. The summed E-state index contributed by atoms with van der Waals surface area (Å²) in [5.74, 6) is 1.61. The zero-order chi connectivity index (χ0) is 20.6. The van der Waals surface area contributed by atoms with Gasteiger partial charge in [-0.2, -0.15) is 0 Å². The fraction of sp³-hybridized carbons (Fsp3) is 0.125.